The van der Waals surface area contributed by atoms with Crippen LogP contribution in [0.25, 0.3) is 0 Å². The Hall–Kier alpha value is -0.610. The molecule has 0 aromatic heterocycles. The maximum atomic E-state index is 11.3. The van der Waals surface area contributed by atoms with Crippen LogP contribution in [-0.4, -0.2) is 36.9 Å². The van der Waals surface area contributed by atoms with Crippen molar-refractivity contribution in [1.82, 2.24) is 5.32 Å². The molecule has 4 heteroatoms. The van der Waals surface area contributed by atoms with Crippen LogP contribution in [0.15, 0.2) is 0 Å². The zero-order chi connectivity index (χ0) is 14.3. The molecule has 20 heavy (non-hydrogen) atoms. The van der Waals surface area contributed by atoms with Gasteiger partial charge in [0.05, 0.1) is 6.61 Å². The molecule has 0 saturated heterocycles. The van der Waals surface area contributed by atoms with Crippen LogP contribution >= 0.6 is 0 Å². The van der Waals surface area contributed by atoms with Crippen LogP contribution in [0.4, 0.5) is 0 Å². The number of ether oxygens (including phenoxy) is 1. The van der Waals surface area contributed by atoms with Gasteiger partial charge < -0.3 is 9.84 Å². The summed E-state index contributed by atoms with van der Waals surface area (Å²) in [5.41, 5.74) is 0.343. The molecule has 4 nitrogen and oxygen atoms in total. The van der Waals surface area contributed by atoms with Gasteiger partial charge in [0.25, 0.3) is 0 Å². The minimum Gasteiger partial charge on any atom is -0.480 e. The van der Waals surface area contributed by atoms with Gasteiger partial charge in [-0.2, -0.15) is 0 Å². The number of hydrogen-bond donors (Lipinski definition) is 2. The molecular formula is C16H27NO3. The zero-order valence-corrected chi connectivity index (χ0v) is 12.6. The van der Waals surface area contributed by atoms with E-state index in [4.69, 9.17) is 4.74 Å². The average molecular weight is 281 g/mol. The summed E-state index contributed by atoms with van der Waals surface area (Å²) in [5, 5.41) is 12.6. The summed E-state index contributed by atoms with van der Waals surface area (Å²) in [4.78, 5) is 11.3. The van der Waals surface area contributed by atoms with Crippen LogP contribution in [0, 0.1) is 23.2 Å². The molecule has 0 radical (unpaired) electrons. The molecule has 114 valence electrons. The predicted octanol–water partition coefficient (Wildman–Crippen LogP) is 2.28. The number of methoxy groups -OCH3 is 1. The van der Waals surface area contributed by atoms with Gasteiger partial charge in [0.15, 0.2) is 0 Å². The second-order valence-corrected chi connectivity index (χ2v) is 7.51. The van der Waals surface area contributed by atoms with Crippen molar-refractivity contribution in [3.05, 3.63) is 0 Å². The lowest BCUT2D eigenvalue weighted by molar-refractivity contribution is -0.142. The van der Waals surface area contributed by atoms with E-state index in [-0.39, 0.29) is 12.6 Å². The lowest BCUT2D eigenvalue weighted by Gasteiger charge is -2.59. The average Bonchev–Trinajstić information content (AvgIpc) is 2.36. The SMILES string of the molecule is COCC(NC(C)C12CC3CC(CC(C3)C1)C2)C(=O)O. The minimum atomic E-state index is -0.802. The third-order valence-electron chi connectivity index (χ3n) is 6.09. The summed E-state index contributed by atoms with van der Waals surface area (Å²) in [5.74, 6) is 1.90. The Morgan fingerprint density at radius 2 is 1.75 bits per heavy atom. The highest BCUT2D eigenvalue weighted by molar-refractivity contribution is 5.73. The van der Waals surface area contributed by atoms with E-state index in [2.05, 4.69) is 12.2 Å². The molecular weight excluding hydrogens is 254 g/mol. The molecule has 4 rings (SSSR count). The van der Waals surface area contributed by atoms with Crippen LogP contribution in [0.1, 0.15) is 45.4 Å². The molecule has 0 amide bonds. The first-order valence-corrected chi connectivity index (χ1v) is 8.00. The van der Waals surface area contributed by atoms with Gasteiger partial charge in [0.2, 0.25) is 0 Å². The summed E-state index contributed by atoms with van der Waals surface area (Å²) >= 11 is 0. The third kappa shape index (κ3) is 2.48. The van der Waals surface area contributed by atoms with E-state index in [1.54, 1.807) is 7.11 Å². The molecule has 0 heterocycles. The van der Waals surface area contributed by atoms with Gasteiger partial charge in [-0.05, 0) is 68.6 Å². The van der Waals surface area contributed by atoms with Gasteiger partial charge in [-0.1, -0.05) is 0 Å². The second kappa shape index (κ2) is 5.30. The number of nitrogens with one attached hydrogen (secondary N) is 1. The maximum absolute atomic E-state index is 11.3. The van der Waals surface area contributed by atoms with Gasteiger partial charge >= 0.3 is 5.97 Å². The van der Waals surface area contributed by atoms with Crippen molar-refractivity contribution < 1.29 is 14.6 Å². The summed E-state index contributed by atoms with van der Waals surface area (Å²) in [6.45, 7) is 2.44. The molecule has 0 aromatic carbocycles. The van der Waals surface area contributed by atoms with Crippen LogP contribution in [0.2, 0.25) is 0 Å². The van der Waals surface area contributed by atoms with E-state index in [0.29, 0.717) is 5.41 Å². The quantitative estimate of drug-likeness (QED) is 0.784. The highest BCUT2D eigenvalue weighted by Gasteiger charge is 2.53. The summed E-state index contributed by atoms with van der Waals surface area (Å²) in [6.07, 6.45) is 8.16. The Labute approximate surface area is 121 Å². The molecule has 2 unspecified atom stereocenters. The van der Waals surface area contributed by atoms with Gasteiger partial charge in [-0.3, -0.25) is 10.1 Å². The van der Waals surface area contributed by atoms with Crippen molar-refractivity contribution >= 4 is 5.97 Å². The first-order valence-electron chi connectivity index (χ1n) is 8.00. The van der Waals surface area contributed by atoms with E-state index in [1.807, 2.05) is 0 Å². The van der Waals surface area contributed by atoms with Gasteiger partial charge in [-0.25, -0.2) is 0 Å². The van der Waals surface area contributed by atoms with E-state index < -0.39 is 12.0 Å². The molecule has 0 spiro atoms. The Morgan fingerprint density at radius 1 is 1.25 bits per heavy atom. The molecule has 2 atom stereocenters. The number of carboxylic acid groups (broad SMARTS) is 1. The molecule has 4 aliphatic carbocycles. The fraction of sp³-hybridized carbons (Fsp3) is 0.938. The lowest BCUT2D eigenvalue weighted by atomic mass is 9.48. The smallest absolute Gasteiger partial charge is 0.323 e. The van der Waals surface area contributed by atoms with Crippen LogP contribution < -0.4 is 5.32 Å². The van der Waals surface area contributed by atoms with Gasteiger partial charge in [0.1, 0.15) is 6.04 Å². The number of rotatable bonds is 6. The van der Waals surface area contributed by atoms with E-state index in [1.165, 1.54) is 38.5 Å². The van der Waals surface area contributed by atoms with E-state index in [9.17, 15) is 9.90 Å². The maximum Gasteiger partial charge on any atom is 0.323 e. The first kappa shape index (κ1) is 14.3. The van der Waals surface area contributed by atoms with Gasteiger partial charge in [-0.15, -0.1) is 0 Å². The van der Waals surface area contributed by atoms with Crippen LogP contribution in [-0.2, 0) is 9.53 Å². The van der Waals surface area contributed by atoms with E-state index >= 15 is 0 Å². The number of carbonyl (C=O) groups is 1. The van der Waals surface area contributed by atoms with E-state index in [0.717, 1.165) is 17.8 Å². The summed E-state index contributed by atoms with van der Waals surface area (Å²) in [7, 11) is 1.56. The molecule has 4 fully saturated rings. The van der Waals surface area contributed by atoms with Crippen molar-refractivity contribution in [3.63, 3.8) is 0 Å². The molecule has 2 N–H and O–H groups in total. The second-order valence-electron chi connectivity index (χ2n) is 7.51. The molecule has 4 bridgehead atoms. The van der Waals surface area contributed by atoms with Crippen LogP contribution in [0.5, 0.6) is 0 Å². The Balaban J connectivity index is 1.70. The number of carboxylic acids is 1. The van der Waals surface area contributed by atoms with Crippen molar-refractivity contribution in [2.24, 2.45) is 23.2 Å². The summed E-state index contributed by atoms with van der Waals surface area (Å²) in [6, 6.07) is -0.310. The highest BCUT2D eigenvalue weighted by Crippen LogP contribution is 2.61. The fourth-order valence-electron chi connectivity index (χ4n) is 5.54. The Kier molecular flexibility index (Phi) is 3.80. The Morgan fingerprint density at radius 3 is 2.15 bits per heavy atom. The first-order chi connectivity index (χ1) is 9.52. The Bertz CT molecular complexity index is 347. The standard InChI is InChI=1S/C16H27NO3/c1-10(17-14(9-20-2)15(18)19)16-6-11-3-12(7-16)5-13(4-11)8-16/h10-14,17H,3-9H2,1-2H3,(H,18,19). The third-order valence-corrected chi connectivity index (χ3v) is 6.09. The predicted molar refractivity (Wildman–Crippen MR) is 76.5 cm³/mol. The molecule has 4 aliphatic rings. The molecule has 4 saturated carbocycles. The van der Waals surface area contributed by atoms with Crippen molar-refractivity contribution in [1.29, 1.82) is 0 Å². The zero-order valence-electron chi connectivity index (χ0n) is 12.6. The highest BCUT2D eigenvalue weighted by atomic mass is 16.5. The fourth-order valence-corrected chi connectivity index (χ4v) is 5.54. The van der Waals surface area contributed by atoms with Crippen molar-refractivity contribution in [2.45, 2.75) is 57.5 Å². The normalized spacial score (nSPS) is 41.6. The van der Waals surface area contributed by atoms with Gasteiger partial charge in [0, 0.05) is 13.2 Å². The van der Waals surface area contributed by atoms with Crippen molar-refractivity contribution in [3.8, 4) is 0 Å². The largest absolute Gasteiger partial charge is 0.480 e. The minimum absolute atomic E-state index is 0.242. The number of hydrogen-bond acceptors (Lipinski definition) is 3. The number of aliphatic carboxylic acids is 1. The topological polar surface area (TPSA) is 58.6 Å². The monoisotopic (exact) mass is 281 g/mol. The van der Waals surface area contributed by atoms with Crippen molar-refractivity contribution in [2.75, 3.05) is 13.7 Å². The summed E-state index contributed by atoms with van der Waals surface area (Å²) < 4.78 is 5.04. The molecule has 0 aliphatic heterocycles. The molecule has 0 aromatic rings. The lowest BCUT2D eigenvalue weighted by Crippen LogP contribution is -2.58. The van der Waals surface area contributed by atoms with Crippen LogP contribution in [0.3, 0.4) is 0 Å².